The highest BCUT2D eigenvalue weighted by Gasteiger charge is 2.38. The van der Waals surface area contributed by atoms with E-state index in [1.165, 1.54) is 38.5 Å². The van der Waals surface area contributed by atoms with E-state index < -0.39 is 53.6 Å². The highest BCUT2D eigenvalue weighted by molar-refractivity contribution is 7.90. The summed E-state index contributed by atoms with van der Waals surface area (Å²) in [6.45, 7) is 14.4. The number of ether oxygens (including phenoxy) is 2. The first-order valence-corrected chi connectivity index (χ1v) is 27.1. The second kappa shape index (κ2) is 16.4. The Kier molecular flexibility index (Phi) is 12.5. The maximum atomic E-state index is 15.0. The lowest BCUT2D eigenvalue weighted by molar-refractivity contribution is 0.101. The van der Waals surface area contributed by atoms with Crippen molar-refractivity contribution in [3.63, 3.8) is 0 Å². The summed E-state index contributed by atoms with van der Waals surface area (Å²) in [6.07, 6.45) is 0. The highest BCUT2D eigenvalue weighted by atomic mass is 35.5. The number of aryl methyl sites for hydroxylation is 1. The lowest BCUT2D eigenvalue weighted by atomic mass is 10.0. The van der Waals surface area contributed by atoms with Gasteiger partial charge in [0.25, 0.3) is 10.0 Å². The second-order valence-electron chi connectivity index (χ2n) is 14.9. The number of carbonyl (C=O) groups excluding carboxylic acids is 2. The zero-order valence-corrected chi connectivity index (χ0v) is 38.0. The first-order valence-electron chi connectivity index (χ1n) is 17.1. The number of rotatable bonds is 9. The number of carbonyl (C=O) groups is 2. The average Bonchev–Trinajstić information content (AvgIpc) is 3.58. The fourth-order valence-corrected chi connectivity index (χ4v) is 9.09. The third-order valence-corrected chi connectivity index (χ3v) is 13.3. The molecule has 0 saturated heterocycles. The minimum Gasteiger partial charge on any atom is -0.496 e. The Balaban J connectivity index is 1.82. The molecule has 5 aromatic rings. The van der Waals surface area contributed by atoms with Crippen molar-refractivity contribution in [1.82, 2.24) is 8.54 Å². The molecule has 3 aromatic carbocycles. The van der Waals surface area contributed by atoms with E-state index in [0.717, 1.165) is 10.1 Å². The Morgan fingerprint density at radius 1 is 0.679 bits per heavy atom. The van der Waals surface area contributed by atoms with E-state index in [-0.39, 0.29) is 49.1 Å². The summed E-state index contributed by atoms with van der Waals surface area (Å²) < 4.78 is 42.1. The summed E-state index contributed by atoms with van der Waals surface area (Å²) in [5.74, 6) is 5.10. The molecular weight excluding hydrogens is 847 g/mol. The van der Waals surface area contributed by atoms with Gasteiger partial charge in [0.05, 0.1) is 46.6 Å². The number of benzene rings is 3. The smallest absolute Gasteiger partial charge is 0.269 e. The molecule has 0 atom stereocenters. The van der Waals surface area contributed by atoms with Crippen LogP contribution in [0.15, 0.2) is 71.6 Å². The molecule has 2 heterocycles. The van der Waals surface area contributed by atoms with Crippen LogP contribution in [0.1, 0.15) is 48.8 Å². The highest BCUT2D eigenvalue weighted by Crippen LogP contribution is 2.44. The normalized spacial score (nSPS) is 11.7. The SMILES string of the molecule is COc1cc(C#C[Si](C)(C)C)ccc1C(=O)c1cc(Cl)c(Cl)n1-c1c(Cl)c(Cl)n(S(=O)(=O)c2ccc(C)cc2)c1C(=O)c1ccc(C#C[Si](C)(C)C)cc1OC. The Bertz CT molecular complexity index is 2650. The van der Waals surface area contributed by atoms with Gasteiger partial charge >= 0.3 is 0 Å². The summed E-state index contributed by atoms with van der Waals surface area (Å²) in [5.41, 5.74) is 7.64. The number of aromatic nitrogens is 2. The van der Waals surface area contributed by atoms with Crippen LogP contribution in [0.3, 0.4) is 0 Å². The van der Waals surface area contributed by atoms with Crippen molar-refractivity contribution >= 4 is 84.1 Å². The van der Waals surface area contributed by atoms with Gasteiger partial charge in [0.1, 0.15) is 48.7 Å². The van der Waals surface area contributed by atoms with Crippen LogP contribution in [-0.4, -0.2) is 58.9 Å². The lowest BCUT2D eigenvalue weighted by Crippen LogP contribution is -2.22. The van der Waals surface area contributed by atoms with E-state index in [9.17, 15) is 18.0 Å². The monoisotopic (exact) mass is 882 g/mol. The van der Waals surface area contributed by atoms with Crippen LogP contribution in [0, 0.1) is 29.9 Å². The largest absolute Gasteiger partial charge is 0.496 e. The summed E-state index contributed by atoms with van der Waals surface area (Å²) >= 11 is 27.2. The summed E-state index contributed by atoms with van der Waals surface area (Å²) in [7, 11) is -5.33. The molecule has 0 fully saturated rings. The molecule has 0 spiro atoms. The number of halogens is 4. The molecule has 8 nitrogen and oxygen atoms in total. The van der Waals surface area contributed by atoms with E-state index in [1.54, 1.807) is 49.4 Å². The third kappa shape index (κ3) is 8.85. The molecule has 56 heavy (non-hydrogen) atoms. The molecular formula is C41H38Cl4N2O6SSi2. The van der Waals surface area contributed by atoms with Crippen molar-refractivity contribution < 1.29 is 27.5 Å². The van der Waals surface area contributed by atoms with E-state index in [0.29, 0.717) is 15.1 Å². The van der Waals surface area contributed by atoms with Gasteiger partial charge in [0.15, 0.2) is 0 Å². The molecule has 0 saturated carbocycles. The molecule has 0 N–H and O–H groups in total. The van der Waals surface area contributed by atoms with Crippen LogP contribution >= 0.6 is 46.4 Å². The number of ketones is 2. The van der Waals surface area contributed by atoms with Gasteiger partial charge in [-0.15, -0.1) is 11.1 Å². The molecule has 5 rings (SSSR count). The zero-order chi connectivity index (χ0) is 41.5. The van der Waals surface area contributed by atoms with Crippen LogP contribution in [-0.2, 0) is 10.0 Å². The third-order valence-electron chi connectivity index (χ3n) is 8.18. The number of methoxy groups -OCH3 is 2. The molecule has 0 aliphatic rings. The van der Waals surface area contributed by atoms with Gasteiger partial charge in [0, 0.05) is 11.1 Å². The van der Waals surface area contributed by atoms with Gasteiger partial charge in [-0.1, -0.05) is 115 Å². The molecule has 0 unspecified atom stereocenters. The molecule has 0 bridgehead atoms. The molecule has 0 aliphatic carbocycles. The van der Waals surface area contributed by atoms with Gasteiger partial charge in [-0.25, -0.2) is 12.4 Å². The van der Waals surface area contributed by atoms with E-state index in [2.05, 4.69) is 62.2 Å². The summed E-state index contributed by atoms with van der Waals surface area (Å²) in [5, 5.41) is -1.26. The quantitative estimate of drug-likeness (QED) is 0.0831. The van der Waals surface area contributed by atoms with Crippen LogP contribution < -0.4 is 9.47 Å². The maximum Gasteiger partial charge on any atom is 0.269 e. The predicted molar refractivity (Wildman–Crippen MR) is 231 cm³/mol. The van der Waals surface area contributed by atoms with Crippen molar-refractivity contribution in [2.45, 2.75) is 51.1 Å². The van der Waals surface area contributed by atoms with Crippen molar-refractivity contribution in [3.05, 3.63) is 126 Å². The van der Waals surface area contributed by atoms with Crippen LogP contribution in [0.25, 0.3) is 5.69 Å². The Hall–Kier alpha value is -4.18. The van der Waals surface area contributed by atoms with E-state index in [4.69, 9.17) is 55.9 Å². The predicted octanol–water partition coefficient (Wildman–Crippen LogP) is 10.4. The molecule has 0 amide bonds. The molecule has 290 valence electrons. The molecule has 2 aromatic heterocycles. The molecule has 15 heteroatoms. The van der Waals surface area contributed by atoms with Crippen LogP contribution in [0.5, 0.6) is 11.5 Å². The van der Waals surface area contributed by atoms with Gasteiger partial charge in [-0.2, -0.15) is 0 Å². The Labute approximate surface area is 349 Å². The van der Waals surface area contributed by atoms with Crippen molar-refractivity contribution in [2.75, 3.05) is 14.2 Å². The van der Waals surface area contributed by atoms with E-state index in [1.807, 2.05) is 0 Å². The first-order chi connectivity index (χ1) is 26.1. The molecule has 0 aliphatic heterocycles. The minimum atomic E-state index is -4.64. The lowest BCUT2D eigenvalue weighted by Gasteiger charge is -2.16. The number of hydrogen-bond donors (Lipinski definition) is 0. The fraction of sp³-hybridized carbons (Fsp3) is 0.220. The van der Waals surface area contributed by atoms with E-state index >= 15 is 0 Å². The molecule has 0 radical (unpaired) electrons. The van der Waals surface area contributed by atoms with Crippen molar-refractivity contribution in [2.24, 2.45) is 0 Å². The topological polar surface area (TPSA) is 96.6 Å². The maximum absolute atomic E-state index is 15.0. The fourth-order valence-electron chi connectivity index (χ4n) is 5.47. The number of nitrogens with zero attached hydrogens (tertiary/aromatic N) is 2. The summed E-state index contributed by atoms with van der Waals surface area (Å²) in [4.78, 5) is 29.3. The Morgan fingerprint density at radius 3 is 1.62 bits per heavy atom. The van der Waals surface area contributed by atoms with Crippen molar-refractivity contribution in [3.8, 4) is 40.1 Å². The second-order valence-corrected chi connectivity index (χ2v) is 27.7. The summed E-state index contributed by atoms with van der Waals surface area (Å²) in [6, 6.07) is 16.8. The van der Waals surface area contributed by atoms with Crippen molar-refractivity contribution in [1.29, 1.82) is 0 Å². The first kappa shape index (κ1) is 43.0. The Morgan fingerprint density at radius 2 is 1.16 bits per heavy atom. The van der Waals surface area contributed by atoms with Gasteiger partial charge in [-0.05, 0) is 61.5 Å². The number of hydrogen-bond acceptors (Lipinski definition) is 6. The van der Waals surface area contributed by atoms with Crippen LogP contribution in [0.4, 0.5) is 0 Å². The zero-order valence-electron chi connectivity index (χ0n) is 32.1. The minimum absolute atomic E-state index is 0.0440. The van der Waals surface area contributed by atoms with Gasteiger partial charge < -0.3 is 9.47 Å². The standard InChI is InChI=1S/C41H38Cl4N2O6SSi2/c1-25-10-14-28(15-11-25)54(50,51)47-37(39(49)30-17-13-27(23-34(30)53-3)19-21-56(7,8)9)36(35(43)41(47)45)46-32(24-31(42)40(46)44)38(48)29-16-12-26(22-33(29)52-2)18-20-55(4,5)6/h10-17,22-24H,1-9H3. The van der Waals surface area contributed by atoms with Gasteiger partial charge in [0.2, 0.25) is 11.6 Å². The average molecular weight is 885 g/mol. The van der Waals surface area contributed by atoms with Gasteiger partial charge in [-0.3, -0.25) is 14.2 Å². The van der Waals surface area contributed by atoms with Crippen LogP contribution in [0.2, 0.25) is 59.6 Å².